The third kappa shape index (κ3) is 6.76. The lowest BCUT2D eigenvalue weighted by Gasteiger charge is -2.12. The number of anilines is 5. The summed E-state index contributed by atoms with van der Waals surface area (Å²) in [5, 5.41) is 9.24. The molecule has 0 fully saturated rings. The molecule has 0 saturated heterocycles. The highest BCUT2D eigenvalue weighted by molar-refractivity contribution is 6.02. The van der Waals surface area contributed by atoms with Crippen molar-refractivity contribution in [3.8, 4) is 17.2 Å². The zero-order valence-electron chi connectivity index (χ0n) is 21.5. The van der Waals surface area contributed by atoms with Crippen LogP contribution in [0.2, 0.25) is 0 Å². The normalized spacial score (nSPS) is 10.6. The van der Waals surface area contributed by atoms with Gasteiger partial charge in [0.25, 0.3) is 0 Å². The van der Waals surface area contributed by atoms with Gasteiger partial charge in [-0.25, -0.2) is 15.0 Å². The van der Waals surface area contributed by atoms with Crippen LogP contribution >= 0.6 is 0 Å². The quantitative estimate of drug-likeness (QED) is 0.242. The highest BCUT2D eigenvalue weighted by Gasteiger charge is 2.12. The number of nitrogens with zero attached hydrogens (tertiary/aromatic N) is 3. The monoisotopic (exact) mass is 512 g/mol. The molecule has 0 bridgehead atoms. The van der Waals surface area contributed by atoms with Crippen molar-refractivity contribution in [3.63, 3.8) is 0 Å². The number of amides is 1. The standard InChI is InChI=1S/C28H28N6O4/c1-18-11-12-29-24(13-18)34-26-16-25(30-17-31-26)32-20-6-8-21(9-7-20)33-27(35)10-5-19-14-22(36-2)28(38-4)23(15-19)37-3/h5-17H,1-4H3,(H,33,35)(H2,29,30,31,32,34)/b10-5+. The minimum atomic E-state index is -0.282. The van der Waals surface area contributed by atoms with Gasteiger partial charge in [-0.05, 0) is 72.7 Å². The molecule has 0 spiro atoms. The van der Waals surface area contributed by atoms with E-state index in [-0.39, 0.29) is 5.91 Å². The third-order valence-electron chi connectivity index (χ3n) is 5.38. The first-order chi connectivity index (χ1) is 18.5. The van der Waals surface area contributed by atoms with E-state index in [0.717, 1.165) is 16.8 Å². The van der Waals surface area contributed by atoms with E-state index in [0.29, 0.717) is 40.4 Å². The number of ether oxygens (including phenoxy) is 3. The maximum absolute atomic E-state index is 12.5. The Morgan fingerprint density at radius 3 is 2.03 bits per heavy atom. The number of rotatable bonds is 10. The van der Waals surface area contributed by atoms with Gasteiger partial charge in [0.1, 0.15) is 23.8 Å². The number of methoxy groups -OCH3 is 3. The molecule has 4 rings (SSSR count). The predicted molar refractivity (Wildman–Crippen MR) is 148 cm³/mol. The Kier molecular flexibility index (Phi) is 8.35. The van der Waals surface area contributed by atoms with Gasteiger partial charge in [-0.3, -0.25) is 4.79 Å². The zero-order valence-corrected chi connectivity index (χ0v) is 21.5. The fourth-order valence-electron chi connectivity index (χ4n) is 3.57. The Balaban J connectivity index is 1.37. The molecule has 38 heavy (non-hydrogen) atoms. The summed E-state index contributed by atoms with van der Waals surface area (Å²) >= 11 is 0. The van der Waals surface area contributed by atoms with Crippen molar-refractivity contribution in [2.75, 3.05) is 37.3 Å². The third-order valence-corrected chi connectivity index (χ3v) is 5.38. The van der Waals surface area contributed by atoms with Crippen LogP contribution in [-0.2, 0) is 4.79 Å². The van der Waals surface area contributed by atoms with Crippen LogP contribution in [0, 0.1) is 6.92 Å². The lowest BCUT2D eigenvalue weighted by Crippen LogP contribution is -2.07. The summed E-state index contributed by atoms with van der Waals surface area (Å²) in [5.41, 5.74) is 3.27. The second-order valence-electron chi connectivity index (χ2n) is 8.12. The Morgan fingerprint density at radius 1 is 0.763 bits per heavy atom. The molecular formula is C28H28N6O4. The number of pyridine rings is 1. The van der Waals surface area contributed by atoms with Gasteiger partial charge in [-0.1, -0.05) is 0 Å². The maximum Gasteiger partial charge on any atom is 0.248 e. The van der Waals surface area contributed by atoms with E-state index in [9.17, 15) is 4.79 Å². The Hall–Kier alpha value is -5.12. The largest absolute Gasteiger partial charge is 0.493 e. The van der Waals surface area contributed by atoms with Crippen LogP contribution in [0.25, 0.3) is 6.08 Å². The number of hydrogen-bond acceptors (Lipinski definition) is 9. The van der Waals surface area contributed by atoms with Crippen LogP contribution in [-0.4, -0.2) is 42.2 Å². The van der Waals surface area contributed by atoms with E-state index in [1.165, 1.54) is 19.5 Å². The summed E-state index contributed by atoms with van der Waals surface area (Å²) in [5.74, 6) is 3.15. The van der Waals surface area contributed by atoms with Crippen molar-refractivity contribution in [1.29, 1.82) is 0 Å². The van der Waals surface area contributed by atoms with Gasteiger partial charge >= 0.3 is 0 Å². The lowest BCUT2D eigenvalue weighted by atomic mass is 10.1. The van der Waals surface area contributed by atoms with E-state index in [1.807, 2.05) is 31.2 Å². The van der Waals surface area contributed by atoms with Crippen LogP contribution in [0.4, 0.5) is 28.8 Å². The number of carbonyl (C=O) groups is 1. The summed E-state index contributed by atoms with van der Waals surface area (Å²) in [6.07, 6.45) is 6.31. The first-order valence-electron chi connectivity index (χ1n) is 11.7. The van der Waals surface area contributed by atoms with Gasteiger partial charge in [0.15, 0.2) is 11.5 Å². The fraction of sp³-hybridized carbons (Fsp3) is 0.143. The molecular weight excluding hydrogens is 484 g/mol. The number of aromatic nitrogens is 3. The summed E-state index contributed by atoms with van der Waals surface area (Å²) in [4.78, 5) is 25.3. The average molecular weight is 513 g/mol. The summed E-state index contributed by atoms with van der Waals surface area (Å²) < 4.78 is 16.0. The Bertz CT molecular complexity index is 1410. The van der Waals surface area contributed by atoms with Crippen molar-refractivity contribution in [1.82, 2.24) is 15.0 Å². The molecule has 0 aliphatic carbocycles. The molecule has 10 heteroatoms. The molecule has 3 N–H and O–H groups in total. The molecule has 0 atom stereocenters. The highest BCUT2D eigenvalue weighted by atomic mass is 16.5. The highest BCUT2D eigenvalue weighted by Crippen LogP contribution is 2.38. The summed E-state index contributed by atoms with van der Waals surface area (Å²) in [6, 6.07) is 16.4. The van der Waals surface area contributed by atoms with Gasteiger partial charge in [0, 0.05) is 29.7 Å². The zero-order chi connectivity index (χ0) is 26.9. The van der Waals surface area contributed by atoms with Crippen LogP contribution in [0.3, 0.4) is 0 Å². The van der Waals surface area contributed by atoms with E-state index in [1.54, 1.807) is 56.8 Å². The van der Waals surface area contributed by atoms with Gasteiger partial charge in [0.05, 0.1) is 21.3 Å². The molecule has 4 aromatic rings. The number of nitrogens with one attached hydrogen (secondary N) is 3. The first-order valence-corrected chi connectivity index (χ1v) is 11.7. The number of benzene rings is 2. The molecule has 2 heterocycles. The molecule has 1 amide bonds. The molecule has 2 aromatic heterocycles. The lowest BCUT2D eigenvalue weighted by molar-refractivity contribution is -0.111. The number of carbonyl (C=O) groups excluding carboxylic acids is 1. The van der Waals surface area contributed by atoms with E-state index in [2.05, 4.69) is 30.9 Å². The number of hydrogen-bond donors (Lipinski definition) is 3. The molecule has 0 radical (unpaired) electrons. The Labute approximate surface area is 220 Å². The SMILES string of the molecule is COc1cc(/C=C/C(=O)Nc2ccc(Nc3cc(Nc4cc(C)ccn4)ncn3)cc2)cc(OC)c1OC. The molecule has 0 aliphatic heterocycles. The van der Waals surface area contributed by atoms with E-state index in [4.69, 9.17) is 14.2 Å². The average Bonchev–Trinajstić information content (AvgIpc) is 2.92. The summed E-state index contributed by atoms with van der Waals surface area (Å²) in [7, 11) is 4.62. The van der Waals surface area contributed by atoms with Crippen molar-refractivity contribution in [2.24, 2.45) is 0 Å². The molecule has 0 aliphatic rings. The molecule has 0 unspecified atom stereocenters. The smallest absolute Gasteiger partial charge is 0.248 e. The van der Waals surface area contributed by atoms with Gasteiger partial charge < -0.3 is 30.2 Å². The first kappa shape index (κ1) is 26.0. The fourth-order valence-corrected chi connectivity index (χ4v) is 3.57. The Morgan fingerprint density at radius 2 is 1.39 bits per heavy atom. The topological polar surface area (TPSA) is 120 Å². The van der Waals surface area contributed by atoms with Crippen molar-refractivity contribution in [2.45, 2.75) is 6.92 Å². The van der Waals surface area contributed by atoms with Crippen LogP contribution in [0.15, 0.2) is 73.2 Å². The minimum absolute atomic E-state index is 0.282. The second kappa shape index (κ2) is 12.2. The van der Waals surface area contributed by atoms with Crippen molar-refractivity contribution < 1.29 is 19.0 Å². The molecule has 0 saturated carbocycles. The minimum Gasteiger partial charge on any atom is -0.493 e. The number of aryl methyl sites for hydroxylation is 1. The summed E-state index contributed by atoms with van der Waals surface area (Å²) in [6.45, 7) is 2.00. The predicted octanol–water partition coefficient (Wildman–Crippen LogP) is 5.34. The van der Waals surface area contributed by atoms with Crippen LogP contribution in [0.5, 0.6) is 17.2 Å². The molecule has 2 aromatic carbocycles. The van der Waals surface area contributed by atoms with E-state index >= 15 is 0 Å². The molecule has 194 valence electrons. The van der Waals surface area contributed by atoms with Gasteiger partial charge in [0.2, 0.25) is 11.7 Å². The second-order valence-corrected chi connectivity index (χ2v) is 8.12. The maximum atomic E-state index is 12.5. The van der Waals surface area contributed by atoms with Gasteiger partial charge in [-0.2, -0.15) is 0 Å². The van der Waals surface area contributed by atoms with Crippen molar-refractivity contribution >= 4 is 40.8 Å². The molecule has 10 nitrogen and oxygen atoms in total. The van der Waals surface area contributed by atoms with Crippen molar-refractivity contribution in [3.05, 3.63) is 84.3 Å². The van der Waals surface area contributed by atoms with E-state index < -0.39 is 0 Å². The van der Waals surface area contributed by atoms with Crippen LogP contribution in [0.1, 0.15) is 11.1 Å². The van der Waals surface area contributed by atoms with Gasteiger partial charge in [-0.15, -0.1) is 0 Å². The van der Waals surface area contributed by atoms with Crippen LogP contribution < -0.4 is 30.2 Å².